The Morgan fingerprint density at radius 3 is 2.65 bits per heavy atom. The Bertz CT molecular complexity index is 413. The van der Waals surface area contributed by atoms with E-state index < -0.39 is 0 Å². The molecule has 0 heterocycles. The molecule has 3 heteroatoms. The standard InChI is InChI=1S/C17H27FN2/c1-3-9-19-13-14-10-15(18)12-17(11-14)20(2)16-7-5-4-6-8-16/h10-12,16,19H,3-9,13H2,1-2H3. The maximum atomic E-state index is 13.8. The molecule has 1 fully saturated rings. The topological polar surface area (TPSA) is 15.3 Å². The Hall–Kier alpha value is -1.09. The van der Waals surface area contributed by atoms with Gasteiger partial charge in [-0.2, -0.15) is 0 Å². The van der Waals surface area contributed by atoms with E-state index in [4.69, 9.17) is 0 Å². The monoisotopic (exact) mass is 278 g/mol. The molecule has 0 spiro atoms. The molecule has 1 N–H and O–H groups in total. The van der Waals surface area contributed by atoms with Crippen LogP contribution in [0.25, 0.3) is 0 Å². The molecule has 1 aromatic carbocycles. The molecule has 0 atom stereocenters. The molecule has 2 rings (SSSR count). The van der Waals surface area contributed by atoms with Crippen LogP contribution < -0.4 is 10.2 Å². The number of nitrogens with one attached hydrogen (secondary N) is 1. The van der Waals surface area contributed by atoms with Crippen molar-refractivity contribution in [3.05, 3.63) is 29.6 Å². The summed E-state index contributed by atoms with van der Waals surface area (Å²) >= 11 is 0. The van der Waals surface area contributed by atoms with Gasteiger partial charge in [0.15, 0.2) is 0 Å². The molecular formula is C17H27FN2. The van der Waals surface area contributed by atoms with Gasteiger partial charge >= 0.3 is 0 Å². The van der Waals surface area contributed by atoms with Gasteiger partial charge in [-0.25, -0.2) is 4.39 Å². The van der Waals surface area contributed by atoms with Crippen molar-refractivity contribution in [3.63, 3.8) is 0 Å². The Kier molecular flexibility index (Phi) is 5.84. The Morgan fingerprint density at radius 1 is 1.20 bits per heavy atom. The van der Waals surface area contributed by atoms with Crippen LogP contribution >= 0.6 is 0 Å². The van der Waals surface area contributed by atoms with Crippen molar-refractivity contribution in [3.8, 4) is 0 Å². The smallest absolute Gasteiger partial charge is 0.125 e. The molecule has 1 aliphatic rings. The average Bonchev–Trinajstić information content (AvgIpc) is 2.47. The van der Waals surface area contributed by atoms with Crippen LogP contribution in [0, 0.1) is 5.82 Å². The summed E-state index contributed by atoms with van der Waals surface area (Å²) in [6, 6.07) is 6.00. The lowest BCUT2D eigenvalue weighted by Crippen LogP contribution is -2.33. The van der Waals surface area contributed by atoms with Gasteiger partial charge in [-0.3, -0.25) is 0 Å². The first-order chi connectivity index (χ1) is 9.70. The quantitative estimate of drug-likeness (QED) is 0.788. The minimum absolute atomic E-state index is 0.126. The number of halogens is 1. The van der Waals surface area contributed by atoms with Gasteiger partial charge in [0, 0.05) is 25.3 Å². The molecule has 112 valence electrons. The first-order valence-electron chi connectivity index (χ1n) is 7.93. The minimum Gasteiger partial charge on any atom is -0.372 e. The van der Waals surface area contributed by atoms with Gasteiger partial charge in [-0.1, -0.05) is 26.2 Å². The maximum Gasteiger partial charge on any atom is 0.125 e. The summed E-state index contributed by atoms with van der Waals surface area (Å²) in [5.41, 5.74) is 2.06. The van der Waals surface area contributed by atoms with E-state index in [2.05, 4.69) is 30.3 Å². The first kappa shape index (κ1) is 15.3. The van der Waals surface area contributed by atoms with Crippen LogP contribution in [-0.4, -0.2) is 19.6 Å². The van der Waals surface area contributed by atoms with Crippen molar-refractivity contribution in [1.82, 2.24) is 5.32 Å². The van der Waals surface area contributed by atoms with Crippen LogP contribution in [0.4, 0.5) is 10.1 Å². The van der Waals surface area contributed by atoms with Gasteiger partial charge < -0.3 is 10.2 Å². The summed E-state index contributed by atoms with van der Waals surface area (Å²) < 4.78 is 13.8. The fourth-order valence-corrected chi connectivity index (χ4v) is 3.03. The van der Waals surface area contributed by atoms with Crippen molar-refractivity contribution < 1.29 is 4.39 Å². The largest absolute Gasteiger partial charge is 0.372 e. The summed E-state index contributed by atoms with van der Waals surface area (Å²) in [4.78, 5) is 2.27. The maximum absolute atomic E-state index is 13.8. The predicted molar refractivity (Wildman–Crippen MR) is 83.7 cm³/mol. The van der Waals surface area contributed by atoms with Gasteiger partial charge in [0.1, 0.15) is 5.82 Å². The number of hydrogen-bond acceptors (Lipinski definition) is 2. The summed E-state index contributed by atoms with van der Waals surface area (Å²) in [7, 11) is 2.11. The number of anilines is 1. The molecule has 0 aliphatic heterocycles. The average molecular weight is 278 g/mol. The zero-order valence-electron chi connectivity index (χ0n) is 12.8. The molecule has 1 aromatic rings. The van der Waals surface area contributed by atoms with Crippen LogP contribution in [-0.2, 0) is 6.54 Å². The molecule has 1 saturated carbocycles. The van der Waals surface area contributed by atoms with Gasteiger partial charge in [0.25, 0.3) is 0 Å². The van der Waals surface area contributed by atoms with E-state index >= 15 is 0 Å². The highest BCUT2D eigenvalue weighted by atomic mass is 19.1. The van der Waals surface area contributed by atoms with Crippen LogP contribution in [0.5, 0.6) is 0 Å². The number of benzene rings is 1. The molecular weight excluding hydrogens is 251 g/mol. The fourth-order valence-electron chi connectivity index (χ4n) is 3.03. The molecule has 20 heavy (non-hydrogen) atoms. The Balaban J connectivity index is 2.05. The van der Waals surface area contributed by atoms with Crippen molar-refractivity contribution in [1.29, 1.82) is 0 Å². The van der Waals surface area contributed by atoms with Gasteiger partial charge in [-0.05, 0) is 49.6 Å². The predicted octanol–water partition coefficient (Wildman–Crippen LogP) is 4.09. The molecule has 0 bridgehead atoms. The lowest BCUT2D eigenvalue weighted by Gasteiger charge is -2.33. The second-order valence-corrected chi connectivity index (χ2v) is 5.90. The third kappa shape index (κ3) is 4.20. The van der Waals surface area contributed by atoms with Crippen LogP contribution in [0.3, 0.4) is 0 Å². The fraction of sp³-hybridized carbons (Fsp3) is 0.647. The van der Waals surface area contributed by atoms with E-state index in [-0.39, 0.29) is 5.82 Å². The summed E-state index contributed by atoms with van der Waals surface area (Å²) in [6.45, 7) is 3.86. The van der Waals surface area contributed by atoms with E-state index in [0.717, 1.165) is 30.8 Å². The van der Waals surface area contributed by atoms with Crippen LogP contribution in [0.2, 0.25) is 0 Å². The van der Waals surface area contributed by atoms with E-state index in [9.17, 15) is 4.39 Å². The Labute approximate surface area is 122 Å². The molecule has 1 aliphatic carbocycles. The number of rotatable bonds is 6. The third-order valence-corrected chi connectivity index (χ3v) is 4.23. The second kappa shape index (κ2) is 7.63. The molecule has 0 radical (unpaired) electrons. The summed E-state index contributed by atoms with van der Waals surface area (Å²) in [5.74, 6) is -0.126. The normalized spacial score (nSPS) is 16.4. The molecule has 0 unspecified atom stereocenters. The molecule has 2 nitrogen and oxygen atoms in total. The van der Waals surface area contributed by atoms with E-state index in [0.29, 0.717) is 6.04 Å². The molecule has 0 amide bonds. The zero-order chi connectivity index (χ0) is 14.4. The SMILES string of the molecule is CCCNCc1cc(F)cc(N(C)C2CCCCC2)c1. The van der Waals surface area contributed by atoms with Crippen LogP contribution in [0.1, 0.15) is 51.0 Å². The van der Waals surface area contributed by atoms with Gasteiger partial charge in [-0.15, -0.1) is 0 Å². The third-order valence-electron chi connectivity index (χ3n) is 4.23. The van der Waals surface area contributed by atoms with Crippen molar-refractivity contribution >= 4 is 5.69 Å². The van der Waals surface area contributed by atoms with Crippen molar-refractivity contribution in [2.45, 2.75) is 58.0 Å². The zero-order valence-corrected chi connectivity index (χ0v) is 12.8. The summed E-state index contributed by atoms with van der Waals surface area (Å²) in [6.07, 6.45) is 7.52. The Morgan fingerprint density at radius 2 is 1.95 bits per heavy atom. The van der Waals surface area contributed by atoms with E-state index in [1.807, 2.05) is 0 Å². The number of hydrogen-bond donors (Lipinski definition) is 1. The van der Waals surface area contributed by atoms with Gasteiger partial charge in [0.05, 0.1) is 0 Å². The minimum atomic E-state index is -0.126. The van der Waals surface area contributed by atoms with Crippen LogP contribution in [0.15, 0.2) is 18.2 Å². The second-order valence-electron chi connectivity index (χ2n) is 5.90. The highest BCUT2D eigenvalue weighted by molar-refractivity contribution is 5.49. The highest BCUT2D eigenvalue weighted by Gasteiger charge is 2.19. The van der Waals surface area contributed by atoms with Crippen molar-refractivity contribution in [2.24, 2.45) is 0 Å². The van der Waals surface area contributed by atoms with E-state index in [1.165, 1.54) is 32.1 Å². The first-order valence-corrected chi connectivity index (χ1v) is 7.93. The lowest BCUT2D eigenvalue weighted by molar-refractivity contribution is 0.427. The highest BCUT2D eigenvalue weighted by Crippen LogP contribution is 2.27. The number of nitrogens with zero attached hydrogens (tertiary/aromatic N) is 1. The van der Waals surface area contributed by atoms with E-state index in [1.54, 1.807) is 12.1 Å². The van der Waals surface area contributed by atoms with Crippen molar-refractivity contribution in [2.75, 3.05) is 18.5 Å². The molecule has 0 aromatic heterocycles. The summed E-state index contributed by atoms with van der Waals surface area (Å²) in [5, 5.41) is 3.34. The molecule has 0 saturated heterocycles. The van der Waals surface area contributed by atoms with Gasteiger partial charge in [0.2, 0.25) is 0 Å². The lowest BCUT2D eigenvalue weighted by atomic mass is 9.94.